The summed E-state index contributed by atoms with van der Waals surface area (Å²) in [7, 11) is 0. The molecule has 1 aliphatic carbocycles. The van der Waals surface area contributed by atoms with Crippen LogP contribution in [0.25, 0.3) is 10.9 Å². The van der Waals surface area contributed by atoms with Crippen molar-refractivity contribution in [2.75, 3.05) is 32.7 Å². The second kappa shape index (κ2) is 8.67. The average Bonchev–Trinajstić information content (AvgIpc) is 2.71. The van der Waals surface area contributed by atoms with Crippen LogP contribution in [0.5, 0.6) is 0 Å². The number of quaternary nitrogens is 2. The highest BCUT2D eigenvalue weighted by Crippen LogP contribution is 2.15. The van der Waals surface area contributed by atoms with Crippen molar-refractivity contribution in [3.05, 3.63) is 39.4 Å². The number of hydrogen-bond donors (Lipinski definition) is 3. The fraction of sp³-hybridized carbons (Fsp3) is 0.619. The van der Waals surface area contributed by atoms with Crippen LogP contribution in [-0.4, -0.2) is 48.3 Å². The van der Waals surface area contributed by atoms with Gasteiger partial charge in [0.05, 0.1) is 23.5 Å². The molecule has 146 valence electrons. The van der Waals surface area contributed by atoms with Crippen LogP contribution in [0, 0.1) is 4.77 Å². The van der Waals surface area contributed by atoms with E-state index in [1.54, 1.807) is 9.47 Å². The van der Waals surface area contributed by atoms with E-state index < -0.39 is 0 Å². The van der Waals surface area contributed by atoms with Crippen LogP contribution in [0.3, 0.4) is 0 Å². The smallest absolute Gasteiger partial charge is 0.262 e. The molecule has 0 unspecified atom stereocenters. The predicted octanol–water partition coefficient (Wildman–Crippen LogP) is 0.565. The molecule has 1 saturated heterocycles. The zero-order valence-corrected chi connectivity index (χ0v) is 17.0. The Hall–Kier alpha value is -1.50. The van der Waals surface area contributed by atoms with E-state index in [0.717, 1.165) is 29.9 Å². The third-order valence-corrected chi connectivity index (χ3v) is 6.91. The van der Waals surface area contributed by atoms with Gasteiger partial charge in [-0.15, -0.1) is 0 Å². The number of nitrogens with zero attached hydrogens (tertiary/aromatic N) is 1. The minimum atomic E-state index is 0.0379. The summed E-state index contributed by atoms with van der Waals surface area (Å²) in [6, 6.07) is 8.54. The van der Waals surface area contributed by atoms with Gasteiger partial charge in [-0.2, -0.15) is 0 Å². The Morgan fingerprint density at radius 3 is 2.59 bits per heavy atom. The van der Waals surface area contributed by atoms with E-state index in [4.69, 9.17) is 12.2 Å². The number of H-pyrrole nitrogens is 1. The van der Waals surface area contributed by atoms with Gasteiger partial charge < -0.3 is 14.8 Å². The van der Waals surface area contributed by atoms with E-state index in [1.165, 1.54) is 58.3 Å². The molecule has 2 heterocycles. The van der Waals surface area contributed by atoms with Crippen LogP contribution in [-0.2, 0) is 6.54 Å². The van der Waals surface area contributed by atoms with E-state index in [1.807, 2.05) is 29.2 Å². The van der Waals surface area contributed by atoms with Gasteiger partial charge >= 0.3 is 0 Å². The van der Waals surface area contributed by atoms with Gasteiger partial charge in [-0.1, -0.05) is 18.6 Å². The van der Waals surface area contributed by atoms with Crippen molar-refractivity contribution in [1.29, 1.82) is 0 Å². The first-order valence-corrected chi connectivity index (χ1v) is 11.0. The van der Waals surface area contributed by atoms with E-state index >= 15 is 0 Å². The van der Waals surface area contributed by atoms with Gasteiger partial charge in [-0.25, -0.2) is 0 Å². The van der Waals surface area contributed by atoms with Crippen molar-refractivity contribution >= 4 is 23.1 Å². The van der Waals surface area contributed by atoms with Crippen LogP contribution in [0.2, 0.25) is 0 Å². The second-order valence-electron chi connectivity index (χ2n) is 8.28. The summed E-state index contributed by atoms with van der Waals surface area (Å²) >= 11 is 5.42. The highest BCUT2D eigenvalue weighted by atomic mass is 32.1. The second-order valence-corrected chi connectivity index (χ2v) is 8.67. The molecule has 3 N–H and O–H groups in total. The highest BCUT2D eigenvalue weighted by molar-refractivity contribution is 7.71. The van der Waals surface area contributed by atoms with Crippen molar-refractivity contribution in [2.24, 2.45) is 0 Å². The Kier molecular flexibility index (Phi) is 6.05. The maximum Gasteiger partial charge on any atom is 0.262 e. The van der Waals surface area contributed by atoms with Crippen LogP contribution >= 0.6 is 12.2 Å². The number of hydrogen-bond acceptors (Lipinski definition) is 2. The van der Waals surface area contributed by atoms with Crippen molar-refractivity contribution in [3.63, 3.8) is 0 Å². The molecule has 0 atom stereocenters. The molecule has 1 aliphatic heterocycles. The Bertz CT molecular complexity index is 876. The number of aromatic amines is 1. The summed E-state index contributed by atoms with van der Waals surface area (Å²) in [5.41, 5.74) is 0.868. The lowest BCUT2D eigenvalue weighted by Crippen LogP contribution is -3.29. The van der Waals surface area contributed by atoms with Crippen molar-refractivity contribution in [2.45, 2.75) is 51.1 Å². The molecule has 0 amide bonds. The molecule has 6 heteroatoms. The standard InChI is InChI=1S/C21H30N4OS/c26-20-18-9-4-5-10-19(18)22-21(27)25(20)12-6-11-23-13-15-24(16-14-23)17-7-2-1-3-8-17/h4-5,9-10,17H,1-3,6-8,11-16H2,(H,22,27)/p+2. The lowest BCUT2D eigenvalue weighted by atomic mass is 9.94. The summed E-state index contributed by atoms with van der Waals surface area (Å²) in [6.07, 6.45) is 8.19. The summed E-state index contributed by atoms with van der Waals surface area (Å²) in [5.74, 6) is 0. The number of nitrogens with one attached hydrogen (secondary N) is 3. The fourth-order valence-electron chi connectivity index (χ4n) is 4.98. The molecule has 5 nitrogen and oxygen atoms in total. The normalized spacial score (nSPS) is 24.3. The predicted molar refractivity (Wildman–Crippen MR) is 111 cm³/mol. The van der Waals surface area contributed by atoms with Gasteiger partial charge in [0.1, 0.15) is 26.2 Å². The number of para-hydroxylation sites is 1. The zero-order chi connectivity index (χ0) is 18.6. The first kappa shape index (κ1) is 18.8. The molecular weight excluding hydrogens is 356 g/mol. The zero-order valence-electron chi connectivity index (χ0n) is 16.1. The van der Waals surface area contributed by atoms with Gasteiger partial charge in [0.25, 0.3) is 5.56 Å². The topological polar surface area (TPSA) is 46.7 Å². The van der Waals surface area contributed by atoms with Crippen LogP contribution < -0.4 is 15.4 Å². The van der Waals surface area contributed by atoms with E-state index in [2.05, 4.69) is 4.98 Å². The van der Waals surface area contributed by atoms with Gasteiger partial charge in [0.2, 0.25) is 0 Å². The Morgan fingerprint density at radius 1 is 1.07 bits per heavy atom. The summed E-state index contributed by atoms with van der Waals surface area (Å²) in [5, 5.41) is 0.725. The molecule has 4 rings (SSSR count). The Morgan fingerprint density at radius 2 is 1.81 bits per heavy atom. The Labute approximate surface area is 166 Å². The van der Waals surface area contributed by atoms with E-state index in [9.17, 15) is 4.79 Å². The molecule has 1 aromatic heterocycles. The lowest BCUT2D eigenvalue weighted by Gasteiger charge is -2.36. The quantitative estimate of drug-likeness (QED) is 0.656. The van der Waals surface area contributed by atoms with Gasteiger partial charge in [-0.3, -0.25) is 9.36 Å². The molecule has 1 saturated carbocycles. The third kappa shape index (κ3) is 4.33. The van der Waals surface area contributed by atoms with E-state index in [-0.39, 0.29) is 5.56 Å². The number of aromatic nitrogens is 2. The number of piperazine rings is 1. The van der Waals surface area contributed by atoms with Crippen molar-refractivity contribution in [1.82, 2.24) is 9.55 Å². The average molecular weight is 389 g/mol. The van der Waals surface area contributed by atoms with Crippen LogP contribution in [0.4, 0.5) is 0 Å². The molecule has 0 spiro atoms. The summed E-state index contributed by atoms with van der Waals surface area (Å²) < 4.78 is 2.28. The summed E-state index contributed by atoms with van der Waals surface area (Å²) in [4.78, 5) is 19.5. The molecule has 27 heavy (non-hydrogen) atoms. The first-order chi connectivity index (χ1) is 13.2. The molecule has 2 aliphatic rings. The fourth-order valence-corrected chi connectivity index (χ4v) is 5.27. The molecular formula is C21H32N4OS+2. The molecule has 2 fully saturated rings. The molecule has 2 aromatic rings. The van der Waals surface area contributed by atoms with Gasteiger partial charge in [0, 0.05) is 13.0 Å². The highest BCUT2D eigenvalue weighted by Gasteiger charge is 2.29. The van der Waals surface area contributed by atoms with Gasteiger partial charge in [0.15, 0.2) is 4.77 Å². The molecule has 0 radical (unpaired) electrons. The number of benzene rings is 1. The monoisotopic (exact) mass is 388 g/mol. The maximum atomic E-state index is 12.7. The Balaban J connectivity index is 1.30. The maximum absolute atomic E-state index is 12.7. The van der Waals surface area contributed by atoms with E-state index in [0.29, 0.717) is 11.3 Å². The minimum Gasteiger partial charge on any atom is -0.332 e. The van der Waals surface area contributed by atoms with Crippen LogP contribution in [0.1, 0.15) is 38.5 Å². The molecule has 1 aromatic carbocycles. The summed E-state index contributed by atoms with van der Waals surface area (Å²) in [6.45, 7) is 7.01. The van der Waals surface area contributed by atoms with Crippen molar-refractivity contribution < 1.29 is 9.80 Å². The number of rotatable bonds is 5. The minimum absolute atomic E-state index is 0.0379. The van der Waals surface area contributed by atoms with Crippen molar-refractivity contribution in [3.8, 4) is 0 Å². The first-order valence-electron chi connectivity index (χ1n) is 10.6. The third-order valence-electron chi connectivity index (χ3n) is 6.58. The SMILES string of the molecule is O=c1c2ccccc2[nH]c(=S)n1CCC[NH+]1CC[NH+](C2CCCCC2)CC1. The number of fused-ring (bicyclic) bond motifs is 1. The largest absolute Gasteiger partial charge is 0.332 e. The van der Waals surface area contributed by atoms with Crippen LogP contribution in [0.15, 0.2) is 29.1 Å². The van der Waals surface area contributed by atoms with Gasteiger partial charge in [-0.05, 0) is 50.0 Å². The molecule has 0 bridgehead atoms. The lowest BCUT2D eigenvalue weighted by molar-refractivity contribution is -1.02.